The second-order valence-electron chi connectivity index (χ2n) is 11.6. The Balaban J connectivity index is 1.61. The number of nitrogens with zero attached hydrogens (tertiary/aromatic N) is 3. The molecule has 4 aliphatic rings. The number of aromatic hydroxyl groups is 1. The molecule has 0 aliphatic carbocycles. The zero-order valence-corrected chi connectivity index (χ0v) is 25.2. The number of esters is 1. The SMILES string of the molecule is C/C=C/C(=O)NC[C@H]1c2c(c(OC(C)=O)c(C)c3c2OCO3)CC2C3c4c(cc(C)c(OC)c4O)CC([C@H](C#N)N21)N3C. The fraction of sp³-hybridized carbons (Fsp3) is 0.469. The molecule has 11 nitrogen and oxygen atoms in total. The predicted octanol–water partition coefficient (Wildman–Crippen LogP) is 3.14. The molecule has 2 bridgehead atoms. The van der Waals surface area contributed by atoms with Crippen LogP contribution in [0.4, 0.5) is 0 Å². The number of nitriles is 1. The molecular formula is C32H36N4O7. The van der Waals surface area contributed by atoms with Gasteiger partial charge in [0.05, 0.1) is 25.3 Å². The van der Waals surface area contributed by atoms with Gasteiger partial charge in [-0.15, -0.1) is 0 Å². The van der Waals surface area contributed by atoms with Gasteiger partial charge in [0.2, 0.25) is 12.7 Å². The van der Waals surface area contributed by atoms with E-state index in [-0.39, 0.29) is 43.1 Å². The van der Waals surface area contributed by atoms with Gasteiger partial charge in [-0.3, -0.25) is 19.4 Å². The molecule has 0 saturated carbocycles. The van der Waals surface area contributed by atoms with Crippen molar-refractivity contribution in [3.63, 3.8) is 0 Å². The first-order valence-electron chi connectivity index (χ1n) is 14.4. The minimum Gasteiger partial charge on any atom is -0.504 e. The first-order chi connectivity index (χ1) is 20.6. The number of nitrogens with one attached hydrogen (secondary N) is 1. The average Bonchev–Trinajstić information content (AvgIpc) is 3.45. The maximum absolute atomic E-state index is 12.7. The Kier molecular flexibility index (Phi) is 7.22. The Hall–Kier alpha value is -4.27. The maximum Gasteiger partial charge on any atom is 0.308 e. The van der Waals surface area contributed by atoms with E-state index in [0.29, 0.717) is 41.4 Å². The Morgan fingerprint density at radius 2 is 1.93 bits per heavy atom. The molecule has 0 radical (unpaired) electrons. The van der Waals surface area contributed by atoms with Crippen LogP contribution >= 0.6 is 0 Å². The second-order valence-corrected chi connectivity index (χ2v) is 11.6. The summed E-state index contributed by atoms with van der Waals surface area (Å²) in [5.41, 5.74) is 4.71. The summed E-state index contributed by atoms with van der Waals surface area (Å²) in [6, 6.07) is 2.69. The number of allylic oxidation sites excluding steroid dienone is 1. The van der Waals surface area contributed by atoms with E-state index < -0.39 is 18.1 Å². The van der Waals surface area contributed by atoms with Crippen LogP contribution in [0.15, 0.2) is 18.2 Å². The van der Waals surface area contributed by atoms with E-state index in [0.717, 1.165) is 27.8 Å². The molecule has 2 N–H and O–H groups in total. The zero-order valence-electron chi connectivity index (χ0n) is 25.2. The summed E-state index contributed by atoms with van der Waals surface area (Å²) in [5.74, 6) is 1.20. The first kappa shape index (κ1) is 28.8. The monoisotopic (exact) mass is 588 g/mol. The highest BCUT2D eigenvalue weighted by molar-refractivity contribution is 5.87. The summed E-state index contributed by atoms with van der Waals surface area (Å²) in [5, 5.41) is 25.3. The third kappa shape index (κ3) is 4.31. The van der Waals surface area contributed by atoms with Crippen molar-refractivity contribution in [3.05, 3.63) is 51.6 Å². The largest absolute Gasteiger partial charge is 0.504 e. The van der Waals surface area contributed by atoms with Crippen LogP contribution < -0.4 is 24.3 Å². The van der Waals surface area contributed by atoms with E-state index in [1.165, 1.54) is 13.0 Å². The van der Waals surface area contributed by atoms with Crippen molar-refractivity contribution in [2.45, 2.75) is 70.7 Å². The smallest absolute Gasteiger partial charge is 0.308 e. The molecule has 43 heavy (non-hydrogen) atoms. The van der Waals surface area contributed by atoms with Crippen molar-refractivity contribution >= 4 is 11.9 Å². The molecule has 1 saturated heterocycles. The standard InChI is InChI=1S/C32H36N4O7/c1-7-8-24(38)34-13-23-26-19(30(43-17(4)37)16(3)31-32(26)42-14-41-31)11-21-27-25-18(9-15(2)29(40-6)28(25)39)10-20(35(27)5)22(12-33)36(21)23/h7-9,20-23,27,39H,10-11,13-14H2,1-6H3,(H,34,38)/b8-7+/t20?,21?,22-,23-,27?/m0/s1. The summed E-state index contributed by atoms with van der Waals surface area (Å²) >= 11 is 0. The predicted molar refractivity (Wildman–Crippen MR) is 155 cm³/mol. The van der Waals surface area contributed by atoms with Gasteiger partial charge in [-0.1, -0.05) is 12.1 Å². The Labute approximate surface area is 250 Å². The van der Waals surface area contributed by atoms with Crippen LogP contribution in [0.3, 0.4) is 0 Å². The summed E-state index contributed by atoms with van der Waals surface area (Å²) < 4.78 is 23.4. The number of carbonyl (C=O) groups is 2. The Bertz CT molecular complexity index is 1600. The van der Waals surface area contributed by atoms with Gasteiger partial charge in [-0.2, -0.15) is 5.26 Å². The van der Waals surface area contributed by atoms with Crippen LogP contribution in [0.25, 0.3) is 0 Å². The fourth-order valence-corrected chi connectivity index (χ4v) is 7.72. The Morgan fingerprint density at radius 3 is 2.60 bits per heavy atom. The fourth-order valence-electron chi connectivity index (χ4n) is 7.72. The number of piperazine rings is 1. The van der Waals surface area contributed by atoms with E-state index in [4.69, 9.17) is 18.9 Å². The van der Waals surface area contributed by atoms with Gasteiger partial charge in [0.1, 0.15) is 11.8 Å². The van der Waals surface area contributed by atoms with Crippen molar-refractivity contribution in [2.24, 2.45) is 0 Å². The molecule has 226 valence electrons. The van der Waals surface area contributed by atoms with Crippen molar-refractivity contribution in [1.29, 1.82) is 5.26 Å². The lowest BCUT2D eigenvalue weighted by Crippen LogP contribution is -2.68. The number of amides is 1. The quantitative estimate of drug-likeness (QED) is 0.305. The molecular weight excluding hydrogens is 552 g/mol. The summed E-state index contributed by atoms with van der Waals surface area (Å²) in [4.78, 5) is 29.4. The molecule has 3 unspecified atom stereocenters. The molecule has 1 amide bonds. The van der Waals surface area contributed by atoms with Crippen LogP contribution in [0.1, 0.15) is 59.3 Å². The minimum atomic E-state index is -0.558. The highest BCUT2D eigenvalue weighted by Crippen LogP contribution is 2.58. The molecule has 2 aromatic carbocycles. The molecule has 6 rings (SSSR count). The summed E-state index contributed by atoms with van der Waals surface area (Å²) in [7, 11) is 3.53. The summed E-state index contributed by atoms with van der Waals surface area (Å²) in [6.45, 7) is 7.03. The minimum absolute atomic E-state index is 0.00325. The Morgan fingerprint density at radius 1 is 1.19 bits per heavy atom. The van der Waals surface area contributed by atoms with Gasteiger partial charge in [-0.25, -0.2) is 0 Å². The second kappa shape index (κ2) is 10.8. The lowest BCUT2D eigenvalue weighted by atomic mass is 9.71. The highest BCUT2D eigenvalue weighted by Gasteiger charge is 2.56. The van der Waals surface area contributed by atoms with E-state index in [9.17, 15) is 20.0 Å². The molecule has 1 fully saturated rings. The van der Waals surface area contributed by atoms with Crippen LogP contribution in [0.5, 0.6) is 28.7 Å². The zero-order chi connectivity index (χ0) is 30.7. The average molecular weight is 589 g/mol. The number of phenolic OH excluding ortho intramolecular Hbond substituents is 1. The van der Waals surface area contributed by atoms with Gasteiger partial charge in [0, 0.05) is 47.8 Å². The van der Waals surface area contributed by atoms with Gasteiger partial charge in [-0.05, 0) is 57.9 Å². The molecule has 0 spiro atoms. The summed E-state index contributed by atoms with van der Waals surface area (Å²) in [6.07, 6.45) is 4.06. The lowest BCUT2D eigenvalue weighted by Gasteiger charge is -2.60. The third-order valence-electron chi connectivity index (χ3n) is 9.30. The molecule has 4 heterocycles. The van der Waals surface area contributed by atoms with Crippen molar-refractivity contribution in [1.82, 2.24) is 15.1 Å². The number of likely N-dealkylation sites (N-methyl/N-ethyl adjacent to an activating group) is 1. The number of hydrogen-bond acceptors (Lipinski definition) is 10. The van der Waals surface area contributed by atoms with Crippen molar-refractivity contribution < 1.29 is 33.6 Å². The van der Waals surface area contributed by atoms with Gasteiger partial charge in [0.15, 0.2) is 23.0 Å². The van der Waals surface area contributed by atoms with E-state index >= 15 is 0 Å². The van der Waals surface area contributed by atoms with Gasteiger partial charge < -0.3 is 29.4 Å². The first-order valence-corrected chi connectivity index (χ1v) is 14.4. The molecule has 11 heteroatoms. The number of benzene rings is 2. The van der Waals surface area contributed by atoms with Gasteiger partial charge >= 0.3 is 5.97 Å². The molecule has 4 aliphatic heterocycles. The normalized spacial score (nSPS) is 25.4. The number of hydrogen-bond donors (Lipinski definition) is 2. The number of carbonyl (C=O) groups excluding carboxylic acids is 2. The van der Waals surface area contributed by atoms with Crippen molar-refractivity contribution in [3.8, 4) is 34.8 Å². The van der Waals surface area contributed by atoms with Crippen LogP contribution in [0, 0.1) is 25.2 Å². The van der Waals surface area contributed by atoms with Crippen LogP contribution in [-0.2, 0) is 22.4 Å². The third-order valence-corrected chi connectivity index (χ3v) is 9.30. The van der Waals surface area contributed by atoms with Crippen LogP contribution in [-0.4, -0.2) is 72.4 Å². The highest BCUT2D eigenvalue weighted by atomic mass is 16.7. The molecule has 2 aromatic rings. The number of rotatable bonds is 5. The molecule has 0 aromatic heterocycles. The molecule has 5 atom stereocenters. The van der Waals surface area contributed by atoms with Crippen molar-refractivity contribution in [2.75, 3.05) is 27.5 Å². The van der Waals surface area contributed by atoms with E-state index in [1.807, 2.05) is 27.0 Å². The van der Waals surface area contributed by atoms with Gasteiger partial charge in [0.25, 0.3) is 0 Å². The number of fused-ring (bicyclic) bond motifs is 9. The van der Waals surface area contributed by atoms with E-state index in [2.05, 4.69) is 21.2 Å². The van der Waals surface area contributed by atoms with E-state index in [1.54, 1.807) is 20.1 Å². The topological polar surface area (TPSA) is 134 Å². The number of methoxy groups -OCH3 is 1. The number of phenols is 1. The van der Waals surface area contributed by atoms with Crippen LogP contribution in [0.2, 0.25) is 0 Å². The number of ether oxygens (including phenoxy) is 4. The lowest BCUT2D eigenvalue weighted by molar-refractivity contribution is -0.132. The number of aryl methyl sites for hydroxylation is 1. The maximum atomic E-state index is 12.7.